The second-order valence-corrected chi connectivity index (χ2v) is 13.3. The Labute approximate surface area is 270 Å². The van der Waals surface area contributed by atoms with Gasteiger partial charge >= 0.3 is 12.5 Å². The molecule has 4 saturated heterocycles. The van der Waals surface area contributed by atoms with E-state index in [1.807, 2.05) is 17.0 Å². The number of hydrogen-bond acceptors (Lipinski definition) is 10. The van der Waals surface area contributed by atoms with E-state index in [1.54, 1.807) is 33.8 Å². The van der Waals surface area contributed by atoms with Crippen LogP contribution >= 0.6 is 0 Å². The monoisotopic (exact) mass is 660 g/mol. The minimum atomic E-state index is -4.98. The number of rotatable bonds is 7. The number of morpholine rings is 1. The lowest BCUT2D eigenvalue weighted by molar-refractivity contribution is -0.274. The molecule has 15 heteroatoms. The minimum Gasteiger partial charge on any atom is -0.444 e. The van der Waals surface area contributed by atoms with Crippen LogP contribution in [0.25, 0.3) is 0 Å². The van der Waals surface area contributed by atoms with E-state index in [0.717, 1.165) is 24.6 Å². The van der Waals surface area contributed by atoms with Gasteiger partial charge in [0.25, 0.3) is 0 Å². The molecule has 0 aliphatic carbocycles. The number of aliphatic hydroxyl groups is 1. The zero-order chi connectivity index (χ0) is 33.7. The molecule has 0 aromatic heterocycles. The number of benzene rings is 2. The Morgan fingerprint density at radius 2 is 1.77 bits per heavy atom. The molecule has 47 heavy (non-hydrogen) atoms. The summed E-state index contributed by atoms with van der Waals surface area (Å²) in [4.78, 5) is 35.4. The molecule has 0 radical (unpaired) electrons. The van der Waals surface area contributed by atoms with Gasteiger partial charge in [-0.15, -0.1) is 13.2 Å². The number of halogens is 3. The largest absolute Gasteiger partial charge is 0.573 e. The Morgan fingerprint density at radius 1 is 1.06 bits per heavy atom. The SMILES string of the molecule is CC(C(=O)Nc1cc(N2C=Nc3cc(N4CC[C@H](NC(=O)OC(C)(C)C)C4)ccc3C2O)ccc1OC(F)(F)F)N1CC2CC(C1)O2. The van der Waals surface area contributed by atoms with Gasteiger partial charge in [-0.05, 0) is 64.4 Å². The minimum absolute atomic E-state index is 0.0590. The molecule has 2 amide bonds. The Morgan fingerprint density at radius 3 is 2.45 bits per heavy atom. The van der Waals surface area contributed by atoms with Crippen molar-refractivity contribution in [2.24, 2.45) is 4.99 Å². The van der Waals surface area contributed by atoms with Crippen molar-refractivity contribution in [2.75, 3.05) is 41.3 Å². The number of ether oxygens (including phenoxy) is 3. The summed E-state index contributed by atoms with van der Waals surface area (Å²) in [5, 5.41) is 16.8. The van der Waals surface area contributed by atoms with E-state index in [9.17, 15) is 27.9 Å². The molecular formula is C32H39F3N6O6. The van der Waals surface area contributed by atoms with Gasteiger partial charge in [0.1, 0.15) is 5.60 Å². The number of carbonyl (C=O) groups is 2. The van der Waals surface area contributed by atoms with Crippen LogP contribution in [0.4, 0.5) is 40.7 Å². The first-order chi connectivity index (χ1) is 22.1. The molecule has 254 valence electrons. The van der Waals surface area contributed by atoms with Crippen molar-refractivity contribution in [3.8, 4) is 5.75 Å². The number of carbonyl (C=O) groups excluding carboxylic acids is 2. The normalized spacial score (nSPS) is 24.7. The zero-order valence-corrected chi connectivity index (χ0v) is 26.6. The third-order valence-electron chi connectivity index (χ3n) is 8.61. The number of fused-ring (bicyclic) bond motifs is 3. The summed E-state index contributed by atoms with van der Waals surface area (Å²) in [5.74, 6) is -1.07. The van der Waals surface area contributed by atoms with E-state index in [2.05, 4.69) is 25.3 Å². The molecule has 2 aromatic carbocycles. The third-order valence-corrected chi connectivity index (χ3v) is 8.61. The van der Waals surface area contributed by atoms with Crippen molar-refractivity contribution < 1.29 is 42.1 Å². The lowest BCUT2D eigenvalue weighted by Crippen LogP contribution is -2.61. The molecule has 3 N–H and O–H groups in total. The molecule has 5 aliphatic heterocycles. The zero-order valence-electron chi connectivity index (χ0n) is 26.6. The number of amides is 2. The number of nitrogens with zero attached hydrogens (tertiary/aromatic N) is 4. The van der Waals surface area contributed by atoms with E-state index in [-0.39, 0.29) is 29.6 Å². The molecule has 2 bridgehead atoms. The average Bonchev–Trinajstić information content (AvgIpc) is 3.44. The number of aliphatic imine (C=N–C) groups is 1. The predicted octanol–water partition coefficient (Wildman–Crippen LogP) is 4.66. The summed E-state index contributed by atoms with van der Waals surface area (Å²) in [6.45, 7) is 9.51. The fourth-order valence-electron chi connectivity index (χ4n) is 6.29. The quantitative estimate of drug-likeness (QED) is 0.389. The second-order valence-electron chi connectivity index (χ2n) is 13.3. The summed E-state index contributed by atoms with van der Waals surface area (Å²) < 4.78 is 55.0. The van der Waals surface area contributed by atoms with Crippen molar-refractivity contribution in [1.82, 2.24) is 10.2 Å². The first-order valence-electron chi connectivity index (χ1n) is 15.6. The summed E-state index contributed by atoms with van der Waals surface area (Å²) in [6, 6.07) is 8.49. The van der Waals surface area contributed by atoms with E-state index in [0.29, 0.717) is 37.4 Å². The van der Waals surface area contributed by atoms with Crippen LogP contribution in [0.3, 0.4) is 0 Å². The van der Waals surface area contributed by atoms with Gasteiger partial charge in [0.05, 0.1) is 42.0 Å². The Bertz CT molecular complexity index is 1530. The second kappa shape index (κ2) is 12.5. The molecule has 4 fully saturated rings. The fourth-order valence-corrected chi connectivity index (χ4v) is 6.29. The number of hydrogen-bond donors (Lipinski definition) is 3. The van der Waals surface area contributed by atoms with Gasteiger partial charge < -0.3 is 39.8 Å². The number of piperidine rings is 1. The number of alkyl carbamates (subject to hydrolysis) is 1. The maximum atomic E-state index is 13.3. The Hall–Kier alpha value is -4.08. The molecule has 0 spiro atoms. The van der Waals surface area contributed by atoms with E-state index >= 15 is 0 Å². The molecule has 0 saturated carbocycles. The molecular weight excluding hydrogens is 621 g/mol. The number of anilines is 3. The van der Waals surface area contributed by atoms with Crippen LogP contribution in [0.1, 0.15) is 52.3 Å². The number of alkyl halides is 3. The highest BCUT2D eigenvalue weighted by Gasteiger charge is 2.41. The lowest BCUT2D eigenvalue weighted by Gasteiger charge is -2.48. The molecule has 12 nitrogen and oxygen atoms in total. The molecule has 5 aliphatic rings. The maximum Gasteiger partial charge on any atom is 0.573 e. The first kappa shape index (κ1) is 32.8. The van der Waals surface area contributed by atoms with E-state index in [1.165, 1.54) is 23.4 Å². The first-order valence-corrected chi connectivity index (χ1v) is 15.6. The van der Waals surface area contributed by atoms with Gasteiger partial charge in [-0.3, -0.25) is 9.69 Å². The smallest absolute Gasteiger partial charge is 0.444 e. The number of aliphatic hydroxyl groups excluding tert-OH is 1. The lowest BCUT2D eigenvalue weighted by atomic mass is 9.97. The van der Waals surface area contributed by atoms with Crippen molar-refractivity contribution in [2.45, 2.75) is 83.0 Å². The topological polar surface area (TPSA) is 128 Å². The highest BCUT2D eigenvalue weighted by atomic mass is 19.4. The van der Waals surface area contributed by atoms with Gasteiger partial charge in [-0.25, -0.2) is 9.79 Å². The molecule has 7 rings (SSSR count). The van der Waals surface area contributed by atoms with Crippen LogP contribution in [0.5, 0.6) is 5.75 Å². The van der Waals surface area contributed by atoms with Gasteiger partial charge in [-0.1, -0.05) is 6.07 Å². The van der Waals surface area contributed by atoms with Crippen LogP contribution in [0.15, 0.2) is 41.4 Å². The van der Waals surface area contributed by atoms with E-state index in [4.69, 9.17) is 9.47 Å². The molecule has 2 aromatic rings. The molecule has 5 atom stereocenters. The van der Waals surface area contributed by atoms with Crippen molar-refractivity contribution in [3.05, 3.63) is 42.0 Å². The fraction of sp³-hybridized carbons (Fsp3) is 0.531. The summed E-state index contributed by atoms with van der Waals surface area (Å²) in [6.07, 6.45) is -3.49. The predicted molar refractivity (Wildman–Crippen MR) is 168 cm³/mol. The van der Waals surface area contributed by atoms with Crippen molar-refractivity contribution in [3.63, 3.8) is 0 Å². The molecule has 5 heterocycles. The Kier molecular flexibility index (Phi) is 8.74. The van der Waals surface area contributed by atoms with Crippen molar-refractivity contribution >= 4 is 41.1 Å². The standard InChI is InChI=1S/C32H39F3N6O6/c1-18(40-15-22-13-23(16-40)45-22)28(42)38-26-12-21(6-8-27(26)46-32(33,34)35)41-17-36-25-11-20(5-7-24(25)29(41)43)39-10-9-19(14-39)37-30(44)47-31(2,3)4/h5-8,11-12,17-19,22-23,29,43H,9-10,13-16H2,1-4H3,(H,37,44)(H,38,42)/t18?,19-,22?,23?,29?/m0/s1. The van der Waals surface area contributed by atoms with Gasteiger partial charge in [-0.2, -0.15) is 0 Å². The van der Waals surface area contributed by atoms with Gasteiger partial charge in [0.15, 0.2) is 12.0 Å². The van der Waals surface area contributed by atoms with E-state index < -0.39 is 42.0 Å². The van der Waals surface area contributed by atoms with Crippen LogP contribution in [-0.4, -0.2) is 90.8 Å². The number of nitrogens with one attached hydrogen (secondary N) is 2. The summed E-state index contributed by atoms with van der Waals surface area (Å²) in [7, 11) is 0. The van der Waals surface area contributed by atoms with Crippen LogP contribution in [-0.2, 0) is 14.3 Å². The van der Waals surface area contributed by atoms with Crippen LogP contribution in [0.2, 0.25) is 0 Å². The van der Waals surface area contributed by atoms with Crippen LogP contribution < -0.4 is 25.2 Å². The highest BCUT2D eigenvalue weighted by Crippen LogP contribution is 2.40. The van der Waals surface area contributed by atoms with Crippen LogP contribution in [0, 0.1) is 0 Å². The van der Waals surface area contributed by atoms with Gasteiger partial charge in [0, 0.05) is 49.5 Å². The average molecular weight is 661 g/mol. The summed E-state index contributed by atoms with van der Waals surface area (Å²) in [5.41, 5.74) is 1.37. The molecule has 4 unspecified atom stereocenters. The van der Waals surface area contributed by atoms with Crippen molar-refractivity contribution in [1.29, 1.82) is 0 Å². The Balaban J connectivity index is 1.16. The van der Waals surface area contributed by atoms with Gasteiger partial charge in [0.2, 0.25) is 5.91 Å². The third kappa shape index (κ3) is 7.57. The highest BCUT2D eigenvalue weighted by molar-refractivity contribution is 5.97. The summed E-state index contributed by atoms with van der Waals surface area (Å²) >= 11 is 0. The maximum absolute atomic E-state index is 13.3.